The van der Waals surface area contributed by atoms with Crippen LogP contribution in [0.15, 0.2) is 28.4 Å². The zero-order valence-electron chi connectivity index (χ0n) is 17.0. The number of hydrogen-bond acceptors (Lipinski definition) is 4. The zero-order valence-corrected chi connectivity index (χ0v) is 17.8. The van der Waals surface area contributed by atoms with Crippen LogP contribution in [0, 0.1) is 0 Å². The van der Waals surface area contributed by atoms with Gasteiger partial charge >= 0.3 is 0 Å². The summed E-state index contributed by atoms with van der Waals surface area (Å²) in [4.78, 5) is 31.2. The van der Waals surface area contributed by atoms with Gasteiger partial charge in [0.15, 0.2) is 0 Å². The lowest BCUT2D eigenvalue weighted by Crippen LogP contribution is -2.36. The standard InChI is InChI=1S/C23H27N3O2S/c1-3-7-19-25-22-20(23(28)26(19)18(4-2)21(24)27)17(13-29-22)16-11-10-14-8-5-6-9-15(14)12-16/h10-13,18H,3-9H2,1-2H3,(H2,24,27). The average Bonchev–Trinajstić information content (AvgIpc) is 3.14. The molecule has 1 aliphatic carbocycles. The van der Waals surface area contributed by atoms with Crippen LogP contribution in [0.2, 0.25) is 0 Å². The first-order valence-electron chi connectivity index (χ1n) is 10.5. The number of carbonyl (C=O) groups excluding carboxylic acids is 1. The lowest BCUT2D eigenvalue weighted by atomic mass is 9.89. The van der Waals surface area contributed by atoms with E-state index in [-0.39, 0.29) is 5.56 Å². The number of amides is 1. The normalized spacial score (nSPS) is 14.7. The Morgan fingerprint density at radius 1 is 1.24 bits per heavy atom. The van der Waals surface area contributed by atoms with Crippen molar-refractivity contribution in [3.63, 3.8) is 0 Å². The molecule has 1 amide bonds. The first-order valence-corrected chi connectivity index (χ1v) is 11.4. The summed E-state index contributed by atoms with van der Waals surface area (Å²) >= 11 is 1.50. The predicted molar refractivity (Wildman–Crippen MR) is 118 cm³/mol. The van der Waals surface area contributed by atoms with Crippen molar-refractivity contribution in [3.8, 4) is 11.1 Å². The minimum Gasteiger partial charge on any atom is -0.368 e. The van der Waals surface area contributed by atoms with Crippen LogP contribution < -0.4 is 11.3 Å². The molecule has 0 saturated carbocycles. The number of rotatable bonds is 6. The molecule has 6 heteroatoms. The Bertz CT molecular complexity index is 1130. The second-order valence-electron chi connectivity index (χ2n) is 7.80. The number of carbonyl (C=O) groups is 1. The Hall–Kier alpha value is -2.47. The van der Waals surface area contributed by atoms with E-state index in [0.29, 0.717) is 24.1 Å². The highest BCUT2D eigenvalue weighted by Gasteiger charge is 2.24. The molecule has 0 bridgehead atoms. The summed E-state index contributed by atoms with van der Waals surface area (Å²) in [6, 6.07) is 5.87. The van der Waals surface area contributed by atoms with Gasteiger partial charge in [-0.05, 0) is 55.2 Å². The van der Waals surface area contributed by atoms with Crippen molar-refractivity contribution in [2.75, 3.05) is 0 Å². The molecule has 0 aliphatic heterocycles. The van der Waals surface area contributed by atoms with Crippen molar-refractivity contribution in [3.05, 3.63) is 50.9 Å². The Morgan fingerprint density at radius 2 is 2.00 bits per heavy atom. The molecule has 2 heterocycles. The first-order chi connectivity index (χ1) is 14.0. The van der Waals surface area contributed by atoms with E-state index in [1.54, 1.807) is 4.57 Å². The Labute approximate surface area is 174 Å². The molecule has 1 aliphatic rings. The Kier molecular flexibility index (Phi) is 5.54. The van der Waals surface area contributed by atoms with Crippen LogP contribution >= 0.6 is 11.3 Å². The smallest absolute Gasteiger partial charge is 0.263 e. The van der Waals surface area contributed by atoms with Crippen molar-refractivity contribution in [2.45, 2.75) is 64.8 Å². The second-order valence-corrected chi connectivity index (χ2v) is 8.66. The van der Waals surface area contributed by atoms with Crippen molar-refractivity contribution in [2.24, 2.45) is 5.73 Å². The third kappa shape index (κ3) is 3.50. The van der Waals surface area contributed by atoms with Gasteiger partial charge in [-0.3, -0.25) is 14.2 Å². The number of benzene rings is 1. The third-order valence-electron chi connectivity index (χ3n) is 5.87. The van der Waals surface area contributed by atoms with Gasteiger partial charge in [0.25, 0.3) is 5.56 Å². The first kappa shape index (κ1) is 19.8. The van der Waals surface area contributed by atoms with Crippen molar-refractivity contribution in [1.29, 1.82) is 0 Å². The van der Waals surface area contributed by atoms with Gasteiger partial charge in [-0.15, -0.1) is 11.3 Å². The average molecular weight is 410 g/mol. The third-order valence-corrected chi connectivity index (χ3v) is 6.75. The molecule has 2 aromatic heterocycles. The zero-order chi connectivity index (χ0) is 20.5. The molecule has 2 N–H and O–H groups in total. The molecule has 4 rings (SSSR count). The SMILES string of the molecule is CCCc1nc2scc(-c3ccc4c(c3)CCCC4)c2c(=O)n1C(CC)C(N)=O. The summed E-state index contributed by atoms with van der Waals surface area (Å²) in [5.74, 6) is 0.160. The fourth-order valence-electron chi connectivity index (χ4n) is 4.39. The fourth-order valence-corrected chi connectivity index (χ4v) is 5.35. The van der Waals surface area contributed by atoms with E-state index in [4.69, 9.17) is 10.7 Å². The monoisotopic (exact) mass is 409 g/mol. The highest BCUT2D eigenvalue weighted by molar-refractivity contribution is 7.17. The fraction of sp³-hybridized carbons (Fsp3) is 0.435. The Morgan fingerprint density at radius 3 is 2.69 bits per heavy atom. The number of hydrogen-bond donors (Lipinski definition) is 1. The maximum absolute atomic E-state index is 13.6. The molecular weight excluding hydrogens is 382 g/mol. The van der Waals surface area contributed by atoms with E-state index in [1.165, 1.54) is 35.3 Å². The molecular formula is C23H27N3O2S. The minimum absolute atomic E-state index is 0.155. The van der Waals surface area contributed by atoms with E-state index in [9.17, 15) is 9.59 Å². The highest BCUT2D eigenvalue weighted by Crippen LogP contribution is 2.34. The van der Waals surface area contributed by atoms with Gasteiger partial charge < -0.3 is 5.73 Å². The molecule has 152 valence electrons. The van der Waals surface area contributed by atoms with Crippen LogP contribution in [0.3, 0.4) is 0 Å². The number of nitrogens with zero attached hydrogens (tertiary/aromatic N) is 2. The number of aromatic nitrogens is 2. The topological polar surface area (TPSA) is 78.0 Å². The lowest BCUT2D eigenvalue weighted by Gasteiger charge is -2.19. The molecule has 1 aromatic carbocycles. The number of nitrogens with two attached hydrogens (primary N) is 1. The summed E-state index contributed by atoms with van der Waals surface area (Å²) in [5.41, 5.74) is 10.2. The predicted octanol–water partition coefficient (Wildman–Crippen LogP) is 4.39. The summed E-state index contributed by atoms with van der Waals surface area (Å²) in [6.07, 6.45) is 6.63. The molecule has 0 saturated heterocycles. The largest absolute Gasteiger partial charge is 0.368 e. The van der Waals surface area contributed by atoms with Crippen molar-refractivity contribution < 1.29 is 4.79 Å². The maximum Gasteiger partial charge on any atom is 0.263 e. The summed E-state index contributed by atoms with van der Waals surface area (Å²) in [7, 11) is 0. The molecule has 0 radical (unpaired) electrons. The maximum atomic E-state index is 13.6. The summed E-state index contributed by atoms with van der Waals surface area (Å²) in [6.45, 7) is 3.92. The van der Waals surface area contributed by atoms with Crippen molar-refractivity contribution in [1.82, 2.24) is 9.55 Å². The van der Waals surface area contributed by atoms with Crippen LogP contribution in [0.4, 0.5) is 0 Å². The quantitative estimate of drug-likeness (QED) is 0.656. The minimum atomic E-state index is -0.669. The van der Waals surface area contributed by atoms with Gasteiger partial charge in [-0.2, -0.15) is 0 Å². The lowest BCUT2D eigenvalue weighted by molar-refractivity contribution is -0.121. The van der Waals surface area contributed by atoms with Gasteiger partial charge in [0.2, 0.25) is 5.91 Å². The van der Waals surface area contributed by atoms with Gasteiger partial charge in [-0.25, -0.2) is 4.98 Å². The van der Waals surface area contributed by atoms with E-state index < -0.39 is 11.9 Å². The highest BCUT2D eigenvalue weighted by atomic mass is 32.1. The van der Waals surface area contributed by atoms with Crippen LogP contribution in [-0.2, 0) is 24.1 Å². The van der Waals surface area contributed by atoms with Gasteiger partial charge in [0, 0.05) is 17.4 Å². The second kappa shape index (κ2) is 8.11. The van der Waals surface area contributed by atoms with Gasteiger partial charge in [0.1, 0.15) is 16.7 Å². The molecule has 3 aromatic rings. The number of aryl methyl sites for hydroxylation is 3. The van der Waals surface area contributed by atoms with Crippen molar-refractivity contribution >= 4 is 27.5 Å². The Balaban J connectivity index is 1.94. The summed E-state index contributed by atoms with van der Waals surface area (Å²) < 4.78 is 1.54. The van der Waals surface area contributed by atoms with Gasteiger partial charge in [0.05, 0.1) is 5.39 Å². The molecule has 1 unspecified atom stereocenters. The molecule has 29 heavy (non-hydrogen) atoms. The molecule has 0 spiro atoms. The number of thiophene rings is 1. The van der Waals surface area contributed by atoms with E-state index >= 15 is 0 Å². The van der Waals surface area contributed by atoms with E-state index in [2.05, 4.69) is 18.2 Å². The van der Waals surface area contributed by atoms with Gasteiger partial charge in [-0.1, -0.05) is 32.0 Å². The number of fused-ring (bicyclic) bond motifs is 2. The molecule has 1 atom stereocenters. The molecule has 0 fully saturated rings. The van der Waals surface area contributed by atoms with Crippen LogP contribution in [0.5, 0.6) is 0 Å². The van der Waals surface area contributed by atoms with Crippen LogP contribution in [-0.4, -0.2) is 15.5 Å². The van der Waals surface area contributed by atoms with Crippen LogP contribution in [0.25, 0.3) is 21.3 Å². The summed E-state index contributed by atoms with van der Waals surface area (Å²) in [5, 5.41) is 2.62. The number of primary amides is 1. The van der Waals surface area contributed by atoms with E-state index in [0.717, 1.165) is 35.2 Å². The van der Waals surface area contributed by atoms with Crippen LogP contribution in [0.1, 0.15) is 62.5 Å². The van der Waals surface area contributed by atoms with E-state index in [1.807, 2.05) is 19.2 Å². The molecule has 5 nitrogen and oxygen atoms in total.